The number of ether oxygens (including phenoxy) is 1. The molecule has 3 heterocycles. The van der Waals surface area contributed by atoms with Gasteiger partial charge in [0, 0.05) is 41.8 Å². The Balaban J connectivity index is 1.62. The second-order valence-electron chi connectivity index (χ2n) is 7.74. The van der Waals surface area contributed by atoms with Gasteiger partial charge in [0.15, 0.2) is 18.6 Å². The zero-order chi connectivity index (χ0) is 24.5. The normalized spacial score (nSPS) is 13.8. The molecule has 2 amide bonds. The number of fused-ring (bicyclic) bond motifs is 2. The maximum atomic E-state index is 13.8. The van der Waals surface area contributed by atoms with E-state index in [1.54, 1.807) is 60.6 Å². The van der Waals surface area contributed by atoms with Crippen molar-refractivity contribution in [1.82, 2.24) is 9.97 Å². The second kappa shape index (κ2) is 9.01. The van der Waals surface area contributed by atoms with Gasteiger partial charge in [-0.15, -0.1) is 0 Å². The summed E-state index contributed by atoms with van der Waals surface area (Å²) in [6.07, 6.45) is 0.278. The number of alkyl halides is 2. The fourth-order valence-electron chi connectivity index (χ4n) is 3.86. The molecule has 0 atom stereocenters. The van der Waals surface area contributed by atoms with Crippen molar-refractivity contribution in [2.75, 3.05) is 29.2 Å². The minimum absolute atomic E-state index is 0.00765. The van der Waals surface area contributed by atoms with Crippen molar-refractivity contribution in [3.05, 3.63) is 66.1 Å². The number of anilines is 4. The van der Waals surface area contributed by atoms with Gasteiger partial charge in [0.2, 0.25) is 5.88 Å². The van der Waals surface area contributed by atoms with Crippen molar-refractivity contribution >= 4 is 46.2 Å². The highest BCUT2D eigenvalue weighted by atomic mass is 19.3. The van der Waals surface area contributed by atoms with Crippen molar-refractivity contribution in [3.63, 3.8) is 0 Å². The summed E-state index contributed by atoms with van der Waals surface area (Å²) in [5.74, 6) is 0.276. The quantitative estimate of drug-likeness (QED) is 0.316. The first-order valence-electron chi connectivity index (χ1n) is 10.6. The zero-order valence-corrected chi connectivity index (χ0v) is 18.6. The third-order valence-corrected chi connectivity index (χ3v) is 5.47. The average Bonchev–Trinajstić information content (AvgIpc) is 3.32. The number of urea groups is 1. The molecule has 9 nitrogen and oxygen atoms in total. The first-order valence-corrected chi connectivity index (χ1v) is 10.6. The van der Waals surface area contributed by atoms with Crippen LogP contribution >= 0.6 is 0 Å². The number of aromatic nitrogens is 2. The summed E-state index contributed by atoms with van der Waals surface area (Å²) in [4.78, 5) is 29.4. The molecule has 0 saturated heterocycles. The Morgan fingerprint density at radius 3 is 2.83 bits per heavy atom. The largest absolute Gasteiger partial charge is 0.472 e. The molecule has 4 aromatic rings. The van der Waals surface area contributed by atoms with Crippen molar-refractivity contribution in [3.8, 4) is 5.88 Å². The smallest absolute Gasteiger partial charge is 0.335 e. The van der Waals surface area contributed by atoms with E-state index in [0.717, 1.165) is 0 Å². The number of nitrogens with two attached hydrogens (primary N) is 1. The molecular weight excluding hydrogens is 458 g/mol. The molecule has 0 spiro atoms. The number of halogens is 2. The molecule has 5 rings (SSSR count). The molecule has 2 aromatic heterocycles. The molecular formula is C24H20F2N6O3. The zero-order valence-electron chi connectivity index (χ0n) is 18.6. The van der Waals surface area contributed by atoms with Crippen LogP contribution in [0.1, 0.15) is 11.1 Å². The fraction of sp³-hybridized carbons (Fsp3) is 0.167. The lowest BCUT2D eigenvalue weighted by molar-refractivity contribution is 0.0796. The van der Waals surface area contributed by atoms with E-state index in [9.17, 15) is 13.6 Å². The van der Waals surface area contributed by atoms with Crippen molar-refractivity contribution < 1.29 is 22.7 Å². The van der Waals surface area contributed by atoms with Crippen molar-refractivity contribution in [2.24, 2.45) is 4.99 Å². The van der Waals surface area contributed by atoms with Gasteiger partial charge in [-0.05, 0) is 42.5 Å². The van der Waals surface area contributed by atoms with Gasteiger partial charge in [-0.25, -0.2) is 23.5 Å². The van der Waals surface area contributed by atoms with Gasteiger partial charge in [-0.3, -0.25) is 9.89 Å². The van der Waals surface area contributed by atoms with Crippen LogP contribution in [0.3, 0.4) is 0 Å². The first-order chi connectivity index (χ1) is 16.9. The Bertz CT molecular complexity index is 1440. The molecule has 0 bridgehead atoms. The lowest BCUT2D eigenvalue weighted by Crippen LogP contribution is -2.45. The van der Waals surface area contributed by atoms with Crippen LogP contribution in [-0.2, 0) is 6.54 Å². The van der Waals surface area contributed by atoms with Gasteiger partial charge in [0.25, 0.3) is 6.43 Å². The number of hydrogen-bond donors (Lipinski definition) is 1. The van der Waals surface area contributed by atoms with Crippen molar-refractivity contribution in [1.29, 1.82) is 0 Å². The van der Waals surface area contributed by atoms with Crippen LogP contribution < -0.4 is 20.3 Å². The topological polar surface area (TPSA) is 110 Å². The van der Waals surface area contributed by atoms with E-state index in [2.05, 4.69) is 15.0 Å². The molecule has 2 aromatic carbocycles. The number of benzene rings is 2. The minimum atomic E-state index is -2.65. The number of hydrogen-bond acceptors (Lipinski definition) is 7. The van der Waals surface area contributed by atoms with Gasteiger partial charge in [-0.2, -0.15) is 4.98 Å². The van der Waals surface area contributed by atoms with E-state index in [0.29, 0.717) is 39.3 Å². The summed E-state index contributed by atoms with van der Waals surface area (Å²) in [6, 6.07) is 13.1. The van der Waals surface area contributed by atoms with Crippen LogP contribution in [0.5, 0.6) is 5.88 Å². The van der Waals surface area contributed by atoms with E-state index in [1.165, 1.54) is 17.4 Å². The van der Waals surface area contributed by atoms with Crippen LogP contribution in [0.2, 0.25) is 0 Å². The molecule has 0 saturated carbocycles. The van der Waals surface area contributed by atoms with E-state index in [4.69, 9.17) is 14.9 Å². The predicted molar refractivity (Wildman–Crippen MR) is 128 cm³/mol. The Morgan fingerprint density at radius 1 is 1.20 bits per heavy atom. The fourth-order valence-corrected chi connectivity index (χ4v) is 3.86. The lowest BCUT2D eigenvalue weighted by atomic mass is 10.1. The Hall–Kier alpha value is -4.54. The van der Waals surface area contributed by atoms with Crippen LogP contribution in [-0.4, -0.2) is 42.3 Å². The summed E-state index contributed by atoms with van der Waals surface area (Å²) in [6.45, 7) is -0.602. The van der Waals surface area contributed by atoms with E-state index in [-0.39, 0.29) is 18.2 Å². The predicted octanol–water partition coefficient (Wildman–Crippen LogP) is 4.78. The number of oxazole rings is 1. The third-order valence-electron chi connectivity index (χ3n) is 5.47. The molecule has 11 heteroatoms. The van der Waals surface area contributed by atoms with Gasteiger partial charge >= 0.3 is 6.03 Å². The molecule has 1 aliphatic rings. The highest BCUT2D eigenvalue weighted by molar-refractivity contribution is 6.11. The first kappa shape index (κ1) is 22.3. The van der Waals surface area contributed by atoms with Gasteiger partial charge < -0.3 is 14.9 Å². The highest BCUT2D eigenvalue weighted by Crippen LogP contribution is 2.38. The summed E-state index contributed by atoms with van der Waals surface area (Å²) in [5.41, 5.74) is 10.1. The third kappa shape index (κ3) is 4.23. The standard InChI is InChI=1S/C24H20F2N6O3/c1-28-10-15-8-16(3-5-18(15)27)31-11-14-2-7-22(34-12-21(25)26)30-23(14)32(24(31)33)17-4-6-20-19(9-17)29-13-35-20/h2-10,13,21H,11-12,27H2,1H3. The molecule has 0 unspecified atom stereocenters. The van der Waals surface area contributed by atoms with E-state index >= 15 is 0 Å². The van der Waals surface area contributed by atoms with Crippen LogP contribution in [0, 0.1) is 0 Å². The summed E-state index contributed by atoms with van der Waals surface area (Å²) in [7, 11) is 1.63. The summed E-state index contributed by atoms with van der Waals surface area (Å²) >= 11 is 0. The van der Waals surface area contributed by atoms with Crippen molar-refractivity contribution in [2.45, 2.75) is 13.0 Å². The number of carbonyl (C=O) groups is 1. The average molecular weight is 478 g/mol. The Morgan fingerprint density at radius 2 is 2.03 bits per heavy atom. The van der Waals surface area contributed by atoms with Gasteiger partial charge in [0.05, 0.1) is 12.2 Å². The number of aliphatic imine (C=N–C) groups is 1. The number of rotatable bonds is 6. The molecule has 0 fully saturated rings. The van der Waals surface area contributed by atoms with E-state index in [1.807, 2.05) is 0 Å². The highest BCUT2D eigenvalue weighted by Gasteiger charge is 2.34. The minimum Gasteiger partial charge on any atom is -0.472 e. The molecule has 35 heavy (non-hydrogen) atoms. The van der Waals surface area contributed by atoms with Gasteiger partial charge in [0.1, 0.15) is 11.3 Å². The van der Waals surface area contributed by atoms with Crippen LogP contribution in [0.15, 0.2) is 64.3 Å². The Kier molecular flexibility index (Phi) is 5.73. The summed E-state index contributed by atoms with van der Waals surface area (Å²) < 4.78 is 35.8. The second-order valence-corrected chi connectivity index (χ2v) is 7.74. The number of amides is 2. The lowest BCUT2D eigenvalue weighted by Gasteiger charge is -2.36. The van der Waals surface area contributed by atoms with E-state index < -0.39 is 19.1 Å². The maximum Gasteiger partial charge on any atom is 0.335 e. The number of carbonyl (C=O) groups excluding carboxylic acids is 1. The number of nitrogens with zero attached hydrogens (tertiary/aromatic N) is 5. The Labute approximate surface area is 198 Å². The maximum absolute atomic E-state index is 13.8. The summed E-state index contributed by atoms with van der Waals surface area (Å²) in [5, 5.41) is 0. The molecule has 2 N–H and O–H groups in total. The molecule has 0 radical (unpaired) electrons. The molecule has 0 aliphatic carbocycles. The molecule has 178 valence electrons. The monoisotopic (exact) mass is 478 g/mol. The molecule has 1 aliphatic heterocycles. The number of nitrogen functional groups attached to an aromatic ring is 1. The van der Waals surface area contributed by atoms with Crippen LogP contribution in [0.25, 0.3) is 11.1 Å². The number of pyridine rings is 1. The van der Waals surface area contributed by atoms with Crippen LogP contribution in [0.4, 0.5) is 36.5 Å². The van der Waals surface area contributed by atoms with Gasteiger partial charge in [-0.1, -0.05) is 0 Å². The SMILES string of the molecule is CN=Cc1cc(N2Cc3ccc(OCC(F)F)nc3N(c3ccc4ocnc4c3)C2=O)ccc1N.